The van der Waals surface area contributed by atoms with Gasteiger partial charge in [0.15, 0.2) is 0 Å². The maximum atomic E-state index is 12.0. The summed E-state index contributed by atoms with van der Waals surface area (Å²) in [6, 6.07) is 16.3. The molecule has 1 heterocycles. The number of anilines is 1. The molecular formula is C19H17N3O4S. The van der Waals surface area contributed by atoms with E-state index in [1.165, 1.54) is 7.11 Å². The third kappa shape index (κ3) is 5.42. The average molecular weight is 383 g/mol. The van der Waals surface area contributed by atoms with Gasteiger partial charge in [-0.2, -0.15) is 0 Å². The fraction of sp³-hybridized carbons (Fsp3) is 0.158. The minimum Gasteiger partial charge on any atom is -0.465 e. The van der Waals surface area contributed by atoms with Crippen LogP contribution in [0, 0.1) is 0 Å². The molecule has 3 aromatic rings. The molecule has 8 heteroatoms. The third-order valence-corrected chi connectivity index (χ3v) is 4.38. The van der Waals surface area contributed by atoms with Gasteiger partial charge in [-0.25, -0.2) is 4.79 Å². The molecule has 0 saturated carbocycles. The number of nitrogens with one attached hydrogen (secondary N) is 1. The highest BCUT2D eigenvalue weighted by Crippen LogP contribution is 2.18. The molecule has 0 fully saturated rings. The molecule has 7 nitrogen and oxygen atoms in total. The molecule has 1 amide bonds. The lowest BCUT2D eigenvalue weighted by molar-refractivity contribution is -0.113. The maximum absolute atomic E-state index is 12.0. The molecule has 3 rings (SSSR count). The number of ether oxygens (including phenoxy) is 1. The molecule has 0 bridgehead atoms. The molecule has 0 aliphatic carbocycles. The molecular weight excluding hydrogens is 366 g/mol. The first-order chi connectivity index (χ1) is 13.1. The quantitative estimate of drug-likeness (QED) is 0.494. The summed E-state index contributed by atoms with van der Waals surface area (Å²) >= 11 is 1.16. The summed E-state index contributed by atoms with van der Waals surface area (Å²) in [5.41, 5.74) is 2.08. The van der Waals surface area contributed by atoms with Crippen molar-refractivity contribution < 1.29 is 18.7 Å². The Labute approximate surface area is 160 Å². The van der Waals surface area contributed by atoms with Crippen LogP contribution in [0.4, 0.5) is 5.69 Å². The van der Waals surface area contributed by atoms with Crippen LogP contribution in [0.1, 0.15) is 21.8 Å². The van der Waals surface area contributed by atoms with Gasteiger partial charge in [-0.15, -0.1) is 10.2 Å². The second-order valence-corrected chi connectivity index (χ2v) is 6.46. The van der Waals surface area contributed by atoms with E-state index >= 15 is 0 Å². The van der Waals surface area contributed by atoms with Crippen molar-refractivity contribution in [3.05, 3.63) is 71.6 Å². The summed E-state index contributed by atoms with van der Waals surface area (Å²) in [4.78, 5) is 23.4. The minimum absolute atomic E-state index is 0.131. The van der Waals surface area contributed by atoms with E-state index in [1.54, 1.807) is 24.3 Å². The predicted molar refractivity (Wildman–Crippen MR) is 101 cm³/mol. The summed E-state index contributed by atoms with van der Waals surface area (Å²) in [5.74, 6) is -0.00611. The number of carbonyl (C=O) groups excluding carboxylic acids is 2. The number of hydrogen-bond donors (Lipinski definition) is 1. The highest BCUT2D eigenvalue weighted by Gasteiger charge is 2.11. The van der Waals surface area contributed by atoms with Crippen LogP contribution in [0.2, 0.25) is 0 Å². The molecule has 0 atom stereocenters. The summed E-state index contributed by atoms with van der Waals surface area (Å²) < 4.78 is 10.2. The minimum atomic E-state index is -0.425. The monoisotopic (exact) mass is 383 g/mol. The molecule has 0 aliphatic rings. The van der Waals surface area contributed by atoms with Crippen LogP contribution in [0.25, 0.3) is 0 Å². The number of benzene rings is 2. The molecule has 2 aromatic carbocycles. The Kier molecular flexibility index (Phi) is 6.22. The van der Waals surface area contributed by atoms with E-state index in [2.05, 4.69) is 20.3 Å². The lowest BCUT2D eigenvalue weighted by atomic mass is 10.2. The number of carbonyl (C=O) groups is 2. The summed E-state index contributed by atoms with van der Waals surface area (Å²) in [7, 11) is 1.32. The number of methoxy groups -OCH3 is 1. The van der Waals surface area contributed by atoms with Crippen molar-refractivity contribution >= 4 is 29.3 Å². The SMILES string of the molecule is COC(=O)c1ccc(NC(=O)CSc2nnc(Cc3ccccc3)o2)cc1. The zero-order valence-corrected chi connectivity index (χ0v) is 15.4. The lowest BCUT2D eigenvalue weighted by Gasteiger charge is -2.05. The Balaban J connectivity index is 1.48. The van der Waals surface area contributed by atoms with Gasteiger partial charge in [0.25, 0.3) is 5.22 Å². The van der Waals surface area contributed by atoms with Gasteiger partial charge in [0.1, 0.15) is 0 Å². The third-order valence-electron chi connectivity index (χ3n) is 3.56. The fourth-order valence-corrected chi connectivity index (χ4v) is 2.85. The summed E-state index contributed by atoms with van der Waals surface area (Å²) in [5, 5.41) is 11.0. The first-order valence-electron chi connectivity index (χ1n) is 8.11. The largest absolute Gasteiger partial charge is 0.465 e. The van der Waals surface area contributed by atoms with E-state index in [4.69, 9.17) is 4.42 Å². The van der Waals surface area contributed by atoms with Crippen molar-refractivity contribution in [3.8, 4) is 0 Å². The van der Waals surface area contributed by atoms with Gasteiger partial charge in [0, 0.05) is 5.69 Å². The molecule has 0 radical (unpaired) electrons. The van der Waals surface area contributed by atoms with Crippen LogP contribution >= 0.6 is 11.8 Å². The first-order valence-corrected chi connectivity index (χ1v) is 9.10. The predicted octanol–water partition coefficient (Wildman–Crippen LogP) is 3.18. The second-order valence-electron chi connectivity index (χ2n) is 5.53. The number of nitrogens with zero attached hydrogens (tertiary/aromatic N) is 2. The number of aromatic nitrogens is 2. The van der Waals surface area contributed by atoms with E-state index < -0.39 is 5.97 Å². The zero-order valence-electron chi connectivity index (χ0n) is 14.5. The van der Waals surface area contributed by atoms with Crippen LogP contribution in [-0.2, 0) is 16.0 Å². The molecule has 0 saturated heterocycles. The number of rotatable bonds is 7. The van der Waals surface area contributed by atoms with Gasteiger partial charge in [-0.05, 0) is 29.8 Å². The van der Waals surface area contributed by atoms with E-state index in [-0.39, 0.29) is 11.7 Å². The molecule has 138 valence electrons. The van der Waals surface area contributed by atoms with Crippen molar-refractivity contribution in [1.82, 2.24) is 10.2 Å². The summed E-state index contributed by atoms with van der Waals surface area (Å²) in [6.07, 6.45) is 0.549. The van der Waals surface area contributed by atoms with E-state index in [0.717, 1.165) is 17.3 Å². The van der Waals surface area contributed by atoms with Crippen LogP contribution in [0.3, 0.4) is 0 Å². The van der Waals surface area contributed by atoms with Gasteiger partial charge in [0.05, 0.1) is 24.8 Å². The fourth-order valence-electron chi connectivity index (χ4n) is 2.27. The highest BCUT2D eigenvalue weighted by atomic mass is 32.2. The van der Waals surface area contributed by atoms with Crippen LogP contribution in [0.5, 0.6) is 0 Å². The average Bonchev–Trinajstić information content (AvgIpc) is 3.14. The van der Waals surface area contributed by atoms with Gasteiger partial charge >= 0.3 is 5.97 Å². The van der Waals surface area contributed by atoms with Crippen molar-refractivity contribution in [2.45, 2.75) is 11.6 Å². The van der Waals surface area contributed by atoms with Gasteiger partial charge < -0.3 is 14.5 Å². The molecule has 0 spiro atoms. The smallest absolute Gasteiger partial charge is 0.337 e. The van der Waals surface area contributed by atoms with Crippen LogP contribution in [-0.4, -0.2) is 34.9 Å². The van der Waals surface area contributed by atoms with E-state index in [0.29, 0.717) is 28.8 Å². The maximum Gasteiger partial charge on any atom is 0.337 e. The number of esters is 1. The standard InChI is InChI=1S/C19H17N3O4S/c1-25-18(24)14-7-9-15(10-8-14)20-16(23)12-27-19-22-21-17(26-19)11-13-5-3-2-4-6-13/h2-10H,11-12H2,1H3,(H,20,23). The number of hydrogen-bond acceptors (Lipinski definition) is 7. The topological polar surface area (TPSA) is 94.3 Å². The number of thioether (sulfide) groups is 1. The van der Waals surface area contributed by atoms with Crippen molar-refractivity contribution in [3.63, 3.8) is 0 Å². The molecule has 27 heavy (non-hydrogen) atoms. The second kappa shape index (κ2) is 9.00. The van der Waals surface area contributed by atoms with Crippen LogP contribution < -0.4 is 5.32 Å². The van der Waals surface area contributed by atoms with Gasteiger partial charge in [-0.3, -0.25) is 4.79 Å². The van der Waals surface area contributed by atoms with E-state index in [9.17, 15) is 9.59 Å². The van der Waals surface area contributed by atoms with Crippen molar-refractivity contribution in [1.29, 1.82) is 0 Å². The van der Waals surface area contributed by atoms with Crippen LogP contribution in [0.15, 0.2) is 64.2 Å². The lowest BCUT2D eigenvalue weighted by Crippen LogP contribution is -2.14. The molecule has 0 unspecified atom stereocenters. The Morgan fingerprint density at radius 2 is 1.81 bits per heavy atom. The number of amides is 1. The van der Waals surface area contributed by atoms with Crippen molar-refractivity contribution in [2.24, 2.45) is 0 Å². The highest BCUT2D eigenvalue weighted by molar-refractivity contribution is 7.99. The van der Waals surface area contributed by atoms with Crippen molar-refractivity contribution in [2.75, 3.05) is 18.2 Å². The van der Waals surface area contributed by atoms with E-state index in [1.807, 2.05) is 30.3 Å². The summed E-state index contributed by atoms with van der Waals surface area (Å²) in [6.45, 7) is 0. The molecule has 1 N–H and O–H groups in total. The van der Waals surface area contributed by atoms with Gasteiger partial charge in [0.2, 0.25) is 11.8 Å². The first kappa shape index (κ1) is 18.7. The zero-order chi connectivity index (χ0) is 19.1. The molecule has 1 aromatic heterocycles. The normalized spacial score (nSPS) is 10.4. The Morgan fingerprint density at radius 1 is 1.07 bits per heavy atom. The Morgan fingerprint density at radius 3 is 2.52 bits per heavy atom. The molecule has 0 aliphatic heterocycles. The Bertz CT molecular complexity index is 910. The Hall–Kier alpha value is -3.13. The van der Waals surface area contributed by atoms with Gasteiger partial charge in [-0.1, -0.05) is 42.1 Å².